The average Bonchev–Trinajstić information content (AvgIpc) is 2.44. The lowest BCUT2D eigenvalue weighted by atomic mass is 10.0. The van der Waals surface area contributed by atoms with Crippen molar-refractivity contribution in [2.45, 2.75) is 19.5 Å². The number of para-hydroxylation sites is 1. The van der Waals surface area contributed by atoms with Crippen LogP contribution in [0.25, 0.3) is 21.7 Å². The lowest BCUT2D eigenvalue weighted by Crippen LogP contribution is -2.09. The fourth-order valence-electron chi connectivity index (χ4n) is 2.44. The number of aromatic nitrogens is 1. The zero-order valence-corrected chi connectivity index (χ0v) is 10.8. The molecule has 0 fully saturated rings. The molecule has 2 aromatic carbocycles. The summed E-state index contributed by atoms with van der Waals surface area (Å²) in [6.07, 6.45) is -3.76. The summed E-state index contributed by atoms with van der Waals surface area (Å²) in [5, 5.41) is 1.52. The molecule has 0 aliphatic heterocycles. The zero-order chi connectivity index (χ0) is 14.3. The Kier molecular flexibility index (Phi) is 2.89. The van der Waals surface area contributed by atoms with Crippen LogP contribution in [0.1, 0.15) is 18.2 Å². The van der Waals surface area contributed by atoms with Crippen molar-refractivity contribution in [3.63, 3.8) is 0 Å². The third-order valence-corrected chi connectivity index (χ3v) is 3.44. The van der Waals surface area contributed by atoms with Gasteiger partial charge in [0.1, 0.15) is 0 Å². The first-order valence-corrected chi connectivity index (χ1v) is 6.39. The highest BCUT2D eigenvalue weighted by atomic mass is 19.4. The predicted octanol–water partition coefficient (Wildman–Crippen LogP) is 4.97. The van der Waals surface area contributed by atoms with E-state index < -0.39 is 11.9 Å². The third kappa shape index (κ3) is 2.01. The molecule has 0 bridgehead atoms. The normalized spacial score (nSPS) is 12.2. The highest BCUT2D eigenvalue weighted by Crippen LogP contribution is 2.36. The maximum absolute atomic E-state index is 13.2. The summed E-state index contributed by atoms with van der Waals surface area (Å²) >= 11 is 0. The number of hydrogen-bond donors (Lipinski definition) is 0. The monoisotopic (exact) mass is 275 g/mol. The molecular formula is C16H12F3N. The summed E-state index contributed by atoms with van der Waals surface area (Å²) in [5.74, 6) is 0. The summed E-state index contributed by atoms with van der Waals surface area (Å²) in [4.78, 5) is 3.83. The van der Waals surface area contributed by atoms with E-state index in [-0.39, 0.29) is 5.39 Å². The smallest absolute Gasteiger partial charge is 0.243 e. The van der Waals surface area contributed by atoms with Crippen LogP contribution >= 0.6 is 0 Å². The predicted molar refractivity (Wildman–Crippen MR) is 73.6 cm³/mol. The van der Waals surface area contributed by atoms with Crippen LogP contribution in [0.5, 0.6) is 0 Å². The largest absolute Gasteiger partial charge is 0.433 e. The molecule has 1 nitrogen and oxygen atoms in total. The van der Waals surface area contributed by atoms with E-state index in [2.05, 4.69) is 4.98 Å². The Labute approximate surface area is 114 Å². The second-order valence-corrected chi connectivity index (χ2v) is 4.71. The molecule has 0 aliphatic carbocycles. The van der Waals surface area contributed by atoms with E-state index in [1.165, 1.54) is 0 Å². The number of benzene rings is 2. The van der Waals surface area contributed by atoms with Gasteiger partial charge in [0.15, 0.2) is 5.69 Å². The van der Waals surface area contributed by atoms with Gasteiger partial charge >= 0.3 is 6.18 Å². The molecule has 0 saturated heterocycles. The fourth-order valence-corrected chi connectivity index (χ4v) is 2.44. The minimum atomic E-state index is -4.45. The molecule has 0 aliphatic rings. The van der Waals surface area contributed by atoms with E-state index in [0.29, 0.717) is 17.3 Å². The number of rotatable bonds is 1. The molecular weight excluding hydrogens is 263 g/mol. The highest BCUT2D eigenvalue weighted by molar-refractivity contribution is 6.06. The molecule has 0 atom stereocenters. The molecule has 0 spiro atoms. The molecule has 0 radical (unpaired) electrons. The summed E-state index contributed by atoms with van der Waals surface area (Å²) in [6.45, 7) is 1.92. The number of hydrogen-bond acceptors (Lipinski definition) is 1. The minimum Gasteiger partial charge on any atom is -0.243 e. The van der Waals surface area contributed by atoms with Crippen molar-refractivity contribution >= 4 is 21.7 Å². The molecule has 0 N–H and O–H groups in total. The number of nitrogens with zero attached hydrogens (tertiary/aromatic N) is 1. The van der Waals surface area contributed by atoms with Crippen LogP contribution in [-0.2, 0) is 12.6 Å². The number of halogens is 3. The van der Waals surface area contributed by atoms with Gasteiger partial charge in [-0.1, -0.05) is 37.3 Å². The Balaban J connectivity index is 2.50. The van der Waals surface area contributed by atoms with Crippen molar-refractivity contribution in [1.29, 1.82) is 0 Å². The number of fused-ring (bicyclic) bond motifs is 3. The van der Waals surface area contributed by atoms with Gasteiger partial charge in [0, 0.05) is 10.8 Å². The Hall–Kier alpha value is -2.10. The Morgan fingerprint density at radius 2 is 1.70 bits per heavy atom. The molecule has 1 aromatic heterocycles. The zero-order valence-electron chi connectivity index (χ0n) is 10.8. The maximum atomic E-state index is 13.2. The summed E-state index contributed by atoms with van der Waals surface area (Å²) in [5.41, 5.74) is 0.443. The van der Waals surface area contributed by atoms with Gasteiger partial charge in [-0.05, 0) is 29.5 Å². The van der Waals surface area contributed by atoms with Crippen LogP contribution in [0, 0.1) is 0 Å². The van der Waals surface area contributed by atoms with E-state index >= 15 is 0 Å². The molecule has 20 heavy (non-hydrogen) atoms. The molecule has 4 heteroatoms. The average molecular weight is 275 g/mol. The Morgan fingerprint density at radius 3 is 2.40 bits per heavy atom. The lowest BCUT2D eigenvalue weighted by molar-refractivity contribution is -0.139. The van der Waals surface area contributed by atoms with Gasteiger partial charge in [0.2, 0.25) is 0 Å². The third-order valence-electron chi connectivity index (χ3n) is 3.44. The maximum Gasteiger partial charge on any atom is 0.433 e. The first-order valence-electron chi connectivity index (χ1n) is 6.39. The quantitative estimate of drug-likeness (QED) is 0.571. The van der Waals surface area contributed by atoms with Gasteiger partial charge in [0.25, 0.3) is 0 Å². The Bertz CT molecular complexity index is 791. The van der Waals surface area contributed by atoms with Crippen LogP contribution in [0.2, 0.25) is 0 Å². The van der Waals surface area contributed by atoms with Crippen molar-refractivity contribution in [1.82, 2.24) is 4.98 Å². The fraction of sp³-hybridized carbons (Fsp3) is 0.188. The van der Waals surface area contributed by atoms with Gasteiger partial charge < -0.3 is 0 Å². The van der Waals surface area contributed by atoms with Gasteiger partial charge in [0.05, 0.1) is 5.52 Å². The van der Waals surface area contributed by atoms with Crippen molar-refractivity contribution in [3.8, 4) is 0 Å². The standard InChI is InChI=1S/C16H12F3N/c1-2-10-7-8-11-12-5-3-4-6-14(12)20-15(13(11)9-10)16(17,18)19/h3-9H,2H2,1H3. The minimum absolute atomic E-state index is 0.176. The van der Waals surface area contributed by atoms with Crippen LogP contribution in [0.3, 0.4) is 0 Å². The Morgan fingerprint density at radius 1 is 0.950 bits per heavy atom. The molecule has 0 saturated carbocycles. The topological polar surface area (TPSA) is 12.9 Å². The molecule has 3 aromatic rings. The van der Waals surface area contributed by atoms with Crippen molar-refractivity contribution < 1.29 is 13.2 Å². The molecule has 0 unspecified atom stereocenters. The summed E-state index contributed by atoms with van der Waals surface area (Å²) < 4.78 is 39.7. The van der Waals surface area contributed by atoms with Crippen LogP contribution in [0.4, 0.5) is 13.2 Å². The van der Waals surface area contributed by atoms with Crippen LogP contribution in [-0.4, -0.2) is 4.98 Å². The van der Waals surface area contributed by atoms with Gasteiger partial charge in [-0.3, -0.25) is 0 Å². The molecule has 3 rings (SSSR count). The lowest BCUT2D eigenvalue weighted by Gasteiger charge is -2.13. The van der Waals surface area contributed by atoms with Crippen LogP contribution in [0.15, 0.2) is 42.5 Å². The SMILES string of the molecule is CCc1ccc2c(c1)c(C(F)(F)F)nc1ccccc12. The second kappa shape index (κ2) is 4.47. The van der Waals surface area contributed by atoms with E-state index in [4.69, 9.17) is 0 Å². The molecule has 102 valence electrons. The number of pyridine rings is 1. The van der Waals surface area contributed by atoms with Gasteiger partial charge in [-0.2, -0.15) is 13.2 Å². The van der Waals surface area contributed by atoms with E-state index in [0.717, 1.165) is 10.9 Å². The van der Waals surface area contributed by atoms with Gasteiger partial charge in [-0.25, -0.2) is 4.98 Å². The molecule has 1 heterocycles. The highest BCUT2D eigenvalue weighted by Gasteiger charge is 2.35. The van der Waals surface area contributed by atoms with Crippen LogP contribution < -0.4 is 0 Å². The van der Waals surface area contributed by atoms with E-state index in [9.17, 15) is 13.2 Å². The van der Waals surface area contributed by atoms with Crippen molar-refractivity contribution in [3.05, 3.63) is 53.7 Å². The van der Waals surface area contributed by atoms with Gasteiger partial charge in [-0.15, -0.1) is 0 Å². The van der Waals surface area contributed by atoms with Crippen molar-refractivity contribution in [2.75, 3.05) is 0 Å². The summed E-state index contributed by atoms with van der Waals surface area (Å²) in [7, 11) is 0. The van der Waals surface area contributed by atoms with E-state index in [1.807, 2.05) is 19.1 Å². The number of aryl methyl sites for hydroxylation is 1. The first kappa shape index (κ1) is 12.9. The van der Waals surface area contributed by atoms with E-state index in [1.54, 1.807) is 30.3 Å². The summed E-state index contributed by atoms with van der Waals surface area (Å²) in [6, 6.07) is 12.1. The second-order valence-electron chi connectivity index (χ2n) is 4.71. The first-order chi connectivity index (χ1) is 9.50. The number of alkyl halides is 3. The van der Waals surface area contributed by atoms with Crippen molar-refractivity contribution in [2.24, 2.45) is 0 Å². The molecule has 0 amide bonds.